The lowest BCUT2D eigenvalue weighted by atomic mass is 10.4. The molecule has 54 valence electrons. The van der Waals surface area contributed by atoms with Crippen LogP contribution in [0.3, 0.4) is 0 Å². The fourth-order valence-corrected chi connectivity index (χ4v) is 1.86. The zero-order valence-electron chi connectivity index (χ0n) is 5.95. The second-order valence-corrected chi connectivity index (χ2v) is 3.36. The molecule has 0 N–H and O–H groups in total. The Morgan fingerprint density at radius 2 is 2.45 bits per heavy atom. The summed E-state index contributed by atoms with van der Waals surface area (Å²) in [6.45, 7) is 3.71. The van der Waals surface area contributed by atoms with E-state index in [1.807, 2.05) is 24.4 Å². The predicted molar refractivity (Wildman–Crippen MR) is 49.7 cm³/mol. The molecule has 0 saturated carbocycles. The Balaban J connectivity index is 2.78. The molecule has 0 unspecified atom stereocenters. The van der Waals surface area contributed by atoms with Crippen molar-refractivity contribution in [1.29, 1.82) is 0 Å². The number of rotatable bonds is 1. The number of nitrogens with zero attached hydrogens (tertiary/aromatic N) is 1. The van der Waals surface area contributed by atoms with Crippen molar-refractivity contribution < 1.29 is 0 Å². The van der Waals surface area contributed by atoms with E-state index >= 15 is 0 Å². The van der Waals surface area contributed by atoms with Gasteiger partial charge in [0.25, 0.3) is 0 Å². The minimum absolute atomic E-state index is 1.06. The van der Waals surface area contributed by atoms with Crippen LogP contribution in [0.25, 0.3) is 16.3 Å². The zero-order valence-corrected chi connectivity index (χ0v) is 6.77. The Morgan fingerprint density at radius 1 is 1.55 bits per heavy atom. The summed E-state index contributed by atoms with van der Waals surface area (Å²) in [5.74, 6) is 0. The molecule has 0 bridgehead atoms. The van der Waals surface area contributed by atoms with Crippen molar-refractivity contribution >= 4 is 27.6 Å². The van der Waals surface area contributed by atoms with E-state index in [9.17, 15) is 0 Å². The first-order chi connectivity index (χ1) is 5.40. The van der Waals surface area contributed by atoms with E-state index in [4.69, 9.17) is 0 Å². The van der Waals surface area contributed by atoms with Crippen molar-refractivity contribution in [3.63, 3.8) is 0 Å². The quantitative estimate of drug-likeness (QED) is 0.626. The van der Waals surface area contributed by atoms with E-state index in [1.54, 1.807) is 11.3 Å². The molecule has 0 saturated heterocycles. The smallest absolute Gasteiger partial charge is 0.0815 e. The van der Waals surface area contributed by atoms with Gasteiger partial charge >= 0.3 is 0 Å². The van der Waals surface area contributed by atoms with Crippen LogP contribution in [-0.2, 0) is 0 Å². The molecule has 2 heterocycles. The Hall–Kier alpha value is -1.15. The Labute approximate surface area is 69.0 Å². The van der Waals surface area contributed by atoms with Crippen molar-refractivity contribution in [1.82, 2.24) is 4.98 Å². The maximum atomic E-state index is 4.21. The fourth-order valence-electron chi connectivity index (χ4n) is 0.989. The molecule has 2 aromatic rings. The van der Waals surface area contributed by atoms with Crippen LogP contribution in [0.2, 0.25) is 0 Å². The van der Waals surface area contributed by atoms with Gasteiger partial charge in [0, 0.05) is 11.1 Å². The molecule has 0 aliphatic rings. The van der Waals surface area contributed by atoms with E-state index in [0.717, 1.165) is 5.52 Å². The second-order valence-electron chi connectivity index (χ2n) is 2.24. The third-order valence-corrected chi connectivity index (χ3v) is 2.59. The average Bonchev–Trinajstić information content (AvgIpc) is 2.46. The van der Waals surface area contributed by atoms with Gasteiger partial charge in [-0.05, 0) is 18.2 Å². The molecule has 2 heteroatoms. The highest BCUT2D eigenvalue weighted by molar-refractivity contribution is 7.19. The summed E-state index contributed by atoms with van der Waals surface area (Å²) in [6, 6.07) is 6.07. The van der Waals surface area contributed by atoms with E-state index < -0.39 is 0 Å². The minimum atomic E-state index is 1.06. The van der Waals surface area contributed by atoms with Crippen molar-refractivity contribution in [3.8, 4) is 0 Å². The predicted octanol–water partition coefficient (Wildman–Crippen LogP) is 2.94. The molecule has 0 aliphatic heterocycles. The highest BCUT2D eigenvalue weighted by Crippen LogP contribution is 2.23. The van der Waals surface area contributed by atoms with Gasteiger partial charge in [0.1, 0.15) is 0 Å². The number of pyridine rings is 1. The van der Waals surface area contributed by atoms with Gasteiger partial charge in [-0.3, -0.25) is 4.98 Å². The first-order valence-electron chi connectivity index (χ1n) is 3.37. The summed E-state index contributed by atoms with van der Waals surface area (Å²) in [4.78, 5) is 5.39. The van der Waals surface area contributed by atoms with Gasteiger partial charge in [-0.1, -0.05) is 12.7 Å². The summed E-state index contributed by atoms with van der Waals surface area (Å²) in [7, 11) is 0. The fraction of sp³-hybridized carbons (Fsp3) is 0. The maximum absolute atomic E-state index is 4.21. The van der Waals surface area contributed by atoms with Crippen molar-refractivity contribution in [2.45, 2.75) is 0 Å². The Bertz CT molecular complexity index is 356. The molecule has 0 fully saturated rings. The summed E-state index contributed by atoms with van der Waals surface area (Å²) in [5.41, 5.74) is 1.06. The third-order valence-electron chi connectivity index (χ3n) is 1.51. The van der Waals surface area contributed by atoms with Gasteiger partial charge in [-0.25, -0.2) is 0 Å². The lowest BCUT2D eigenvalue weighted by Gasteiger charge is -1.81. The third kappa shape index (κ3) is 1.05. The molecule has 0 radical (unpaired) electrons. The highest BCUT2D eigenvalue weighted by atomic mass is 32.1. The molecule has 11 heavy (non-hydrogen) atoms. The first kappa shape index (κ1) is 6.55. The van der Waals surface area contributed by atoms with Gasteiger partial charge < -0.3 is 0 Å². The Morgan fingerprint density at radius 3 is 3.18 bits per heavy atom. The molecule has 0 amide bonds. The average molecular weight is 161 g/mol. The summed E-state index contributed by atoms with van der Waals surface area (Å²) < 4.78 is 1.22. The molecular weight excluding hydrogens is 154 g/mol. The monoisotopic (exact) mass is 161 g/mol. The van der Waals surface area contributed by atoms with Gasteiger partial charge in [-0.2, -0.15) is 0 Å². The van der Waals surface area contributed by atoms with Crippen LogP contribution in [0, 0.1) is 0 Å². The summed E-state index contributed by atoms with van der Waals surface area (Å²) >= 11 is 1.72. The minimum Gasteiger partial charge on any atom is -0.255 e. The van der Waals surface area contributed by atoms with Gasteiger partial charge in [-0.15, -0.1) is 11.3 Å². The summed E-state index contributed by atoms with van der Waals surface area (Å²) in [6.07, 6.45) is 3.66. The number of thiophene rings is 1. The largest absolute Gasteiger partial charge is 0.255 e. The molecule has 2 aromatic heterocycles. The molecule has 0 aromatic carbocycles. The molecular formula is C9H7NS. The van der Waals surface area contributed by atoms with Crippen LogP contribution < -0.4 is 0 Å². The number of hydrogen-bond donors (Lipinski definition) is 0. The first-order valence-corrected chi connectivity index (χ1v) is 4.19. The molecule has 0 atom stereocenters. The number of hydrogen-bond acceptors (Lipinski definition) is 2. The number of fused-ring (bicyclic) bond motifs is 1. The standard InChI is InChI=1S/C9H7NS/c1-2-7-6-8-9(11-7)4-3-5-10-8/h2-6H,1H2. The Kier molecular flexibility index (Phi) is 1.47. The van der Waals surface area contributed by atoms with Crippen molar-refractivity contribution in [3.05, 3.63) is 35.9 Å². The van der Waals surface area contributed by atoms with Gasteiger partial charge in [0.2, 0.25) is 0 Å². The lowest BCUT2D eigenvalue weighted by Crippen LogP contribution is -1.66. The molecule has 0 aliphatic carbocycles. The highest BCUT2D eigenvalue weighted by Gasteiger charge is 1.96. The van der Waals surface area contributed by atoms with Gasteiger partial charge in [0.05, 0.1) is 10.2 Å². The zero-order chi connectivity index (χ0) is 7.68. The number of aromatic nitrogens is 1. The molecule has 1 nitrogen and oxygen atoms in total. The van der Waals surface area contributed by atoms with Crippen LogP contribution in [0.5, 0.6) is 0 Å². The van der Waals surface area contributed by atoms with Crippen molar-refractivity contribution in [2.75, 3.05) is 0 Å². The van der Waals surface area contributed by atoms with Crippen LogP contribution in [0.1, 0.15) is 4.88 Å². The van der Waals surface area contributed by atoms with E-state index in [-0.39, 0.29) is 0 Å². The van der Waals surface area contributed by atoms with Crippen LogP contribution in [-0.4, -0.2) is 4.98 Å². The van der Waals surface area contributed by atoms with E-state index in [2.05, 4.69) is 17.6 Å². The van der Waals surface area contributed by atoms with Crippen molar-refractivity contribution in [2.24, 2.45) is 0 Å². The summed E-state index contributed by atoms with van der Waals surface area (Å²) in [5, 5.41) is 0. The molecule has 2 rings (SSSR count). The van der Waals surface area contributed by atoms with Crippen LogP contribution in [0.4, 0.5) is 0 Å². The van der Waals surface area contributed by atoms with Crippen LogP contribution in [0.15, 0.2) is 31.0 Å². The normalized spacial score (nSPS) is 10.2. The second kappa shape index (κ2) is 2.47. The topological polar surface area (TPSA) is 12.9 Å². The van der Waals surface area contributed by atoms with Gasteiger partial charge in [0.15, 0.2) is 0 Å². The maximum Gasteiger partial charge on any atom is 0.0815 e. The van der Waals surface area contributed by atoms with Crippen LogP contribution >= 0.6 is 11.3 Å². The van der Waals surface area contributed by atoms with E-state index in [1.165, 1.54) is 9.58 Å². The van der Waals surface area contributed by atoms with E-state index in [0.29, 0.717) is 0 Å². The lowest BCUT2D eigenvalue weighted by molar-refractivity contribution is 1.43. The SMILES string of the molecule is C=Cc1cc2ncccc2s1. The molecule has 0 spiro atoms.